The number of rotatable bonds is 7. The van der Waals surface area contributed by atoms with Gasteiger partial charge in [-0.2, -0.15) is 18.3 Å². The number of nitrogens with zero attached hydrogens (tertiary/aromatic N) is 1. The molecule has 0 aliphatic heterocycles. The number of aromatic nitrogens is 2. The minimum atomic E-state index is -4.09. The zero-order valence-electron chi connectivity index (χ0n) is 11.9. The molecule has 1 atom stereocenters. The van der Waals surface area contributed by atoms with E-state index in [1.54, 1.807) is 6.07 Å². The summed E-state index contributed by atoms with van der Waals surface area (Å²) in [5.41, 5.74) is 0.181. The highest BCUT2D eigenvalue weighted by Crippen LogP contribution is 2.33. The second kappa shape index (κ2) is 6.90. The normalized spacial score (nSPS) is 15.1. The number of aromatic amines is 1. The molecule has 1 aromatic rings. The fraction of sp³-hybridized carbons (Fsp3) is 0.714. The Bertz CT molecular complexity index is 450. The maximum atomic E-state index is 12.1. The van der Waals surface area contributed by atoms with Crippen LogP contribution in [0.4, 0.5) is 13.2 Å². The van der Waals surface area contributed by atoms with Gasteiger partial charge in [0.15, 0.2) is 0 Å². The van der Waals surface area contributed by atoms with Crippen molar-refractivity contribution in [3.63, 3.8) is 0 Å². The number of halogens is 3. The van der Waals surface area contributed by atoms with Crippen LogP contribution < -0.4 is 5.56 Å². The van der Waals surface area contributed by atoms with Gasteiger partial charge in [-0.3, -0.25) is 4.79 Å². The molecule has 1 heterocycles. The van der Waals surface area contributed by atoms with Crippen LogP contribution in [0, 0.1) is 0 Å². The monoisotopic (exact) mass is 290 g/mol. The van der Waals surface area contributed by atoms with E-state index >= 15 is 0 Å². The summed E-state index contributed by atoms with van der Waals surface area (Å²) in [6.45, 7) is 4.02. The van der Waals surface area contributed by atoms with Gasteiger partial charge in [0.05, 0.1) is 5.69 Å². The summed E-state index contributed by atoms with van der Waals surface area (Å²) in [4.78, 5) is 11.0. The first-order valence-corrected chi connectivity index (χ1v) is 6.90. The van der Waals surface area contributed by atoms with Crippen LogP contribution in [0.25, 0.3) is 0 Å². The molecule has 0 radical (unpaired) electrons. The van der Waals surface area contributed by atoms with Gasteiger partial charge in [-0.05, 0) is 25.3 Å². The van der Waals surface area contributed by atoms with Gasteiger partial charge < -0.3 is 0 Å². The fourth-order valence-corrected chi connectivity index (χ4v) is 2.45. The maximum Gasteiger partial charge on any atom is 0.389 e. The van der Waals surface area contributed by atoms with Crippen molar-refractivity contribution in [3.8, 4) is 0 Å². The van der Waals surface area contributed by atoms with Crippen molar-refractivity contribution in [1.82, 2.24) is 10.2 Å². The van der Waals surface area contributed by atoms with Crippen molar-refractivity contribution in [2.75, 3.05) is 0 Å². The molecule has 1 aromatic heterocycles. The second-order valence-electron chi connectivity index (χ2n) is 5.44. The number of H-pyrrole nitrogens is 1. The van der Waals surface area contributed by atoms with Crippen molar-refractivity contribution in [1.29, 1.82) is 0 Å². The van der Waals surface area contributed by atoms with Gasteiger partial charge in [-0.15, -0.1) is 0 Å². The number of hydrogen-bond acceptors (Lipinski definition) is 2. The lowest BCUT2D eigenvalue weighted by molar-refractivity contribution is -0.135. The molecule has 0 spiro atoms. The Morgan fingerprint density at radius 2 is 1.80 bits per heavy atom. The van der Waals surface area contributed by atoms with Crippen LogP contribution in [0.5, 0.6) is 0 Å². The van der Waals surface area contributed by atoms with E-state index < -0.39 is 12.6 Å². The zero-order chi connectivity index (χ0) is 15.2. The predicted molar refractivity (Wildman–Crippen MR) is 71.6 cm³/mol. The molecule has 3 nitrogen and oxygen atoms in total. The van der Waals surface area contributed by atoms with E-state index in [2.05, 4.69) is 10.2 Å². The third kappa shape index (κ3) is 5.35. The van der Waals surface area contributed by atoms with Gasteiger partial charge >= 0.3 is 6.18 Å². The van der Waals surface area contributed by atoms with E-state index in [0.29, 0.717) is 12.8 Å². The Morgan fingerprint density at radius 1 is 1.15 bits per heavy atom. The Morgan fingerprint density at radius 3 is 2.30 bits per heavy atom. The van der Waals surface area contributed by atoms with Crippen LogP contribution in [-0.2, 0) is 5.41 Å². The molecule has 1 rings (SSSR count). The van der Waals surface area contributed by atoms with Crippen molar-refractivity contribution < 1.29 is 13.2 Å². The van der Waals surface area contributed by atoms with Crippen LogP contribution in [0.1, 0.15) is 58.1 Å². The molecule has 0 fully saturated rings. The number of alkyl halides is 3. The van der Waals surface area contributed by atoms with E-state index in [1.165, 1.54) is 6.07 Å². The average molecular weight is 290 g/mol. The molecule has 0 saturated carbocycles. The highest BCUT2D eigenvalue weighted by Gasteiger charge is 2.29. The summed E-state index contributed by atoms with van der Waals surface area (Å²) in [6.07, 6.45) is -1.82. The summed E-state index contributed by atoms with van der Waals surface area (Å²) in [6, 6.07) is 3.07. The lowest BCUT2D eigenvalue weighted by Gasteiger charge is -2.28. The first-order valence-electron chi connectivity index (χ1n) is 6.90. The summed E-state index contributed by atoms with van der Waals surface area (Å²) in [7, 11) is 0. The summed E-state index contributed by atoms with van der Waals surface area (Å²) in [5, 5.41) is 6.43. The molecule has 0 saturated heterocycles. The third-order valence-electron chi connectivity index (χ3n) is 3.54. The van der Waals surface area contributed by atoms with Crippen molar-refractivity contribution in [2.45, 2.75) is 64.0 Å². The Labute approximate surface area is 116 Å². The number of nitrogens with one attached hydrogen (secondary N) is 1. The molecule has 6 heteroatoms. The quantitative estimate of drug-likeness (QED) is 0.773. The Balaban J connectivity index is 2.67. The molecule has 1 N–H and O–H groups in total. The van der Waals surface area contributed by atoms with Crippen LogP contribution in [0.15, 0.2) is 16.9 Å². The first-order chi connectivity index (χ1) is 9.27. The average Bonchev–Trinajstić information content (AvgIpc) is 2.35. The van der Waals surface area contributed by atoms with Crippen LogP contribution in [0.3, 0.4) is 0 Å². The van der Waals surface area contributed by atoms with Crippen molar-refractivity contribution >= 4 is 0 Å². The molecule has 20 heavy (non-hydrogen) atoms. The molecular weight excluding hydrogens is 269 g/mol. The van der Waals surface area contributed by atoms with E-state index in [-0.39, 0.29) is 17.4 Å². The van der Waals surface area contributed by atoms with Gasteiger partial charge in [0.2, 0.25) is 0 Å². The summed E-state index contributed by atoms with van der Waals surface area (Å²) in [5.74, 6) is 0. The minimum absolute atomic E-state index is 0.131. The Hall–Kier alpha value is -1.33. The minimum Gasteiger partial charge on any atom is -0.268 e. The van der Waals surface area contributed by atoms with Crippen LogP contribution >= 0.6 is 0 Å². The molecular formula is C14H21F3N2O. The largest absolute Gasteiger partial charge is 0.389 e. The van der Waals surface area contributed by atoms with Gasteiger partial charge in [0, 0.05) is 17.9 Å². The standard InChI is InChI=1S/C14H21F3N2O/c1-3-8-13(2,9-4-5-10-14(15,16)17)11-6-7-12(20)19-18-11/h6-7H,3-5,8-10H2,1-2H3,(H,19,20). The first kappa shape index (κ1) is 16.7. The molecule has 1 unspecified atom stereocenters. The van der Waals surface area contributed by atoms with Gasteiger partial charge in [0.25, 0.3) is 5.56 Å². The van der Waals surface area contributed by atoms with Gasteiger partial charge in [-0.1, -0.05) is 26.7 Å². The number of unbranched alkanes of at least 4 members (excludes halogenated alkanes) is 1. The lowest BCUT2D eigenvalue weighted by atomic mass is 9.77. The molecule has 0 aliphatic rings. The van der Waals surface area contributed by atoms with E-state index in [0.717, 1.165) is 18.5 Å². The van der Waals surface area contributed by atoms with Gasteiger partial charge in [0.1, 0.15) is 0 Å². The highest BCUT2D eigenvalue weighted by atomic mass is 19.4. The topological polar surface area (TPSA) is 45.8 Å². The van der Waals surface area contributed by atoms with Gasteiger partial charge in [-0.25, -0.2) is 5.10 Å². The summed E-state index contributed by atoms with van der Waals surface area (Å²) < 4.78 is 36.4. The highest BCUT2D eigenvalue weighted by molar-refractivity contribution is 5.13. The smallest absolute Gasteiger partial charge is 0.268 e. The zero-order valence-corrected chi connectivity index (χ0v) is 11.9. The number of hydrogen-bond donors (Lipinski definition) is 1. The predicted octanol–water partition coefficient (Wildman–Crippen LogP) is 3.95. The van der Waals surface area contributed by atoms with Crippen LogP contribution in [-0.4, -0.2) is 16.4 Å². The maximum absolute atomic E-state index is 12.1. The second-order valence-corrected chi connectivity index (χ2v) is 5.44. The SMILES string of the molecule is CCCC(C)(CCCCC(F)(F)F)c1ccc(=O)[nH]n1. The molecule has 114 valence electrons. The van der Waals surface area contributed by atoms with Crippen molar-refractivity contribution in [2.24, 2.45) is 0 Å². The van der Waals surface area contributed by atoms with Crippen LogP contribution in [0.2, 0.25) is 0 Å². The van der Waals surface area contributed by atoms with E-state index in [1.807, 2.05) is 13.8 Å². The fourth-order valence-electron chi connectivity index (χ4n) is 2.45. The third-order valence-corrected chi connectivity index (χ3v) is 3.54. The van der Waals surface area contributed by atoms with E-state index in [9.17, 15) is 18.0 Å². The summed E-state index contributed by atoms with van der Waals surface area (Å²) >= 11 is 0. The molecule has 0 aromatic carbocycles. The molecule has 0 amide bonds. The molecule has 0 bridgehead atoms. The van der Waals surface area contributed by atoms with E-state index in [4.69, 9.17) is 0 Å². The Kier molecular flexibility index (Phi) is 5.77. The van der Waals surface area contributed by atoms with Crippen molar-refractivity contribution in [3.05, 3.63) is 28.2 Å². The molecule has 0 aliphatic carbocycles. The lowest BCUT2D eigenvalue weighted by Crippen LogP contribution is -2.25.